The first kappa shape index (κ1) is 21.2. The number of carbonyl (C=O) groups excluding carboxylic acids is 3. The van der Waals surface area contributed by atoms with Gasteiger partial charge in [-0.25, -0.2) is 0 Å². The summed E-state index contributed by atoms with van der Waals surface area (Å²) in [4.78, 5) is 41.4. The molecule has 0 saturated heterocycles. The Kier molecular flexibility index (Phi) is 5.10. The second kappa shape index (κ2) is 8.43. The van der Waals surface area contributed by atoms with Gasteiger partial charge in [0.2, 0.25) is 6.79 Å². The molecule has 0 fully saturated rings. The Balaban J connectivity index is 1.39. The van der Waals surface area contributed by atoms with Crippen molar-refractivity contribution in [3.8, 4) is 11.5 Å². The molecule has 6 rings (SSSR count). The van der Waals surface area contributed by atoms with Gasteiger partial charge in [0, 0.05) is 30.3 Å². The molecule has 174 valence electrons. The van der Waals surface area contributed by atoms with Crippen LogP contribution in [0.25, 0.3) is 5.70 Å². The van der Waals surface area contributed by atoms with Crippen molar-refractivity contribution < 1.29 is 23.9 Å². The summed E-state index contributed by atoms with van der Waals surface area (Å²) in [5, 5.41) is 3.30. The summed E-state index contributed by atoms with van der Waals surface area (Å²) in [6.07, 6.45) is 2.52. The summed E-state index contributed by atoms with van der Waals surface area (Å²) in [5.41, 5.74) is 4.06. The lowest BCUT2D eigenvalue weighted by Crippen LogP contribution is -2.46. The number of nitrogens with zero attached hydrogens (tertiary/aromatic N) is 1. The van der Waals surface area contributed by atoms with Crippen LogP contribution in [0.15, 0.2) is 72.8 Å². The lowest BCUT2D eigenvalue weighted by molar-refractivity contribution is -0.118. The Hall–Kier alpha value is -4.39. The number of nitrogens with one attached hydrogen (secondary N) is 1. The number of carbonyl (C=O) groups is 3. The standard InChI is InChI=1S/C28H22N2O5/c31-24(15-22-21-14-26-25(34-16-35-26)13-18(21)10-11-29-22)23(12-17-6-2-1-3-7-17)30-27(32)19-8-4-5-9-20(19)28(30)33/h1-9,13-15,23,29H,10-12,16H2/b22-15-/t23-/m0/s1. The Morgan fingerprint density at radius 3 is 2.29 bits per heavy atom. The first-order chi connectivity index (χ1) is 17.1. The number of fused-ring (bicyclic) bond motifs is 3. The van der Waals surface area contributed by atoms with E-state index >= 15 is 0 Å². The van der Waals surface area contributed by atoms with E-state index in [9.17, 15) is 14.4 Å². The first-order valence-electron chi connectivity index (χ1n) is 11.5. The molecule has 7 heteroatoms. The predicted molar refractivity (Wildman–Crippen MR) is 128 cm³/mol. The van der Waals surface area contributed by atoms with Crippen molar-refractivity contribution in [3.05, 3.63) is 101 Å². The number of imide groups is 1. The minimum atomic E-state index is -0.974. The number of amides is 2. The molecule has 2 amide bonds. The van der Waals surface area contributed by atoms with Gasteiger partial charge in [-0.1, -0.05) is 42.5 Å². The largest absolute Gasteiger partial charge is 0.454 e. The van der Waals surface area contributed by atoms with Crippen LogP contribution in [0, 0.1) is 0 Å². The molecule has 0 aromatic heterocycles. The highest BCUT2D eigenvalue weighted by Crippen LogP contribution is 2.38. The summed E-state index contributed by atoms with van der Waals surface area (Å²) in [6.45, 7) is 0.824. The molecule has 3 aliphatic heterocycles. The van der Waals surface area contributed by atoms with Crippen molar-refractivity contribution in [2.45, 2.75) is 18.9 Å². The zero-order valence-electron chi connectivity index (χ0n) is 18.8. The quantitative estimate of drug-likeness (QED) is 0.459. The van der Waals surface area contributed by atoms with Gasteiger partial charge in [0.25, 0.3) is 11.8 Å². The fourth-order valence-electron chi connectivity index (χ4n) is 4.88. The van der Waals surface area contributed by atoms with Crippen LogP contribution in [0.2, 0.25) is 0 Å². The van der Waals surface area contributed by atoms with Crippen LogP contribution in [0.3, 0.4) is 0 Å². The number of rotatable bonds is 5. The minimum absolute atomic E-state index is 0.169. The van der Waals surface area contributed by atoms with Crippen molar-refractivity contribution in [2.24, 2.45) is 0 Å². The van der Waals surface area contributed by atoms with Crippen LogP contribution in [0.1, 0.15) is 37.4 Å². The lowest BCUT2D eigenvalue weighted by Gasteiger charge is -2.26. The van der Waals surface area contributed by atoms with Crippen molar-refractivity contribution >= 4 is 23.3 Å². The molecule has 0 spiro atoms. The van der Waals surface area contributed by atoms with Gasteiger partial charge in [-0.2, -0.15) is 0 Å². The molecule has 7 nitrogen and oxygen atoms in total. The number of hydrogen-bond acceptors (Lipinski definition) is 6. The molecule has 1 atom stereocenters. The highest BCUT2D eigenvalue weighted by molar-refractivity contribution is 6.23. The summed E-state index contributed by atoms with van der Waals surface area (Å²) in [6, 6.07) is 18.9. The smallest absolute Gasteiger partial charge is 0.262 e. The van der Waals surface area contributed by atoms with Gasteiger partial charge in [0.05, 0.1) is 11.1 Å². The third-order valence-corrected chi connectivity index (χ3v) is 6.62. The van der Waals surface area contributed by atoms with Crippen LogP contribution >= 0.6 is 0 Å². The van der Waals surface area contributed by atoms with E-state index in [-0.39, 0.29) is 19.0 Å². The van der Waals surface area contributed by atoms with Crippen molar-refractivity contribution in [1.82, 2.24) is 10.2 Å². The van der Waals surface area contributed by atoms with Gasteiger partial charge in [-0.05, 0) is 41.8 Å². The van der Waals surface area contributed by atoms with Gasteiger partial charge in [0.15, 0.2) is 17.3 Å². The Morgan fingerprint density at radius 1 is 0.914 bits per heavy atom. The minimum Gasteiger partial charge on any atom is -0.454 e. The average molecular weight is 466 g/mol. The Morgan fingerprint density at radius 2 is 1.57 bits per heavy atom. The lowest BCUT2D eigenvalue weighted by atomic mass is 9.94. The summed E-state index contributed by atoms with van der Waals surface area (Å²) < 4.78 is 11.0. The zero-order chi connectivity index (χ0) is 23.9. The second-order valence-electron chi connectivity index (χ2n) is 8.73. The highest BCUT2D eigenvalue weighted by Gasteiger charge is 2.42. The van der Waals surface area contributed by atoms with E-state index in [4.69, 9.17) is 9.47 Å². The van der Waals surface area contributed by atoms with Crippen LogP contribution in [0.5, 0.6) is 11.5 Å². The van der Waals surface area contributed by atoms with Gasteiger partial charge in [-0.3, -0.25) is 19.3 Å². The van der Waals surface area contributed by atoms with Crippen LogP contribution < -0.4 is 14.8 Å². The maximum atomic E-state index is 13.8. The Bertz CT molecular complexity index is 1360. The predicted octanol–water partition coefficient (Wildman–Crippen LogP) is 3.38. The number of benzene rings is 3. The third kappa shape index (κ3) is 3.65. The van der Waals surface area contributed by atoms with E-state index in [0.717, 1.165) is 28.0 Å². The van der Waals surface area contributed by atoms with Gasteiger partial charge in [-0.15, -0.1) is 0 Å². The monoisotopic (exact) mass is 466 g/mol. The molecule has 0 saturated carbocycles. The first-order valence-corrected chi connectivity index (χ1v) is 11.5. The summed E-state index contributed by atoms with van der Waals surface area (Å²) >= 11 is 0. The molecule has 3 aromatic rings. The normalized spacial score (nSPS) is 17.7. The van der Waals surface area contributed by atoms with Gasteiger partial charge in [0.1, 0.15) is 6.04 Å². The summed E-state index contributed by atoms with van der Waals surface area (Å²) in [5.74, 6) is 0.116. The van der Waals surface area contributed by atoms with Gasteiger partial charge >= 0.3 is 0 Å². The van der Waals surface area contributed by atoms with E-state index < -0.39 is 17.9 Å². The number of ketones is 1. The van der Waals surface area contributed by atoms with Crippen LogP contribution in [-0.4, -0.2) is 41.9 Å². The fourth-order valence-corrected chi connectivity index (χ4v) is 4.88. The van der Waals surface area contributed by atoms with E-state index in [1.165, 1.54) is 6.08 Å². The topological polar surface area (TPSA) is 84.9 Å². The SMILES string of the molecule is O=C(/C=C1\NCCc2cc3c(cc21)OCO3)[C@H](Cc1ccccc1)N1C(=O)c2ccccc2C1=O. The molecule has 3 aliphatic rings. The van der Waals surface area contributed by atoms with Crippen molar-refractivity contribution in [3.63, 3.8) is 0 Å². The molecule has 0 radical (unpaired) electrons. The zero-order valence-corrected chi connectivity index (χ0v) is 18.8. The van der Waals surface area contributed by atoms with Gasteiger partial charge < -0.3 is 14.8 Å². The molecule has 1 N–H and O–H groups in total. The number of ether oxygens (including phenoxy) is 2. The fraction of sp³-hybridized carbons (Fsp3) is 0.179. The molecular weight excluding hydrogens is 444 g/mol. The molecule has 3 aromatic carbocycles. The Labute approximate surface area is 202 Å². The maximum Gasteiger partial charge on any atom is 0.262 e. The summed E-state index contributed by atoms with van der Waals surface area (Å²) in [7, 11) is 0. The molecule has 0 unspecified atom stereocenters. The molecular formula is C28H22N2O5. The molecule has 0 aliphatic carbocycles. The number of hydrogen-bond donors (Lipinski definition) is 1. The van der Waals surface area contributed by atoms with E-state index in [1.54, 1.807) is 24.3 Å². The molecule has 3 heterocycles. The second-order valence-corrected chi connectivity index (χ2v) is 8.73. The maximum absolute atomic E-state index is 13.8. The van der Waals surface area contributed by atoms with E-state index in [1.807, 2.05) is 42.5 Å². The average Bonchev–Trinajstić information content (AvgIpc) is 3.44. The van der Waals surface area contributed by atoms with Crippen LogP contribution in [0.4, 0.5) is 0 Å². The molecule has 0 bridgehead atoms. The highest BCUT2D eigenvalue weighted by atomic mass is 16.7. The van der Waals surface area contributed by atoms with Crippen LogP contribution in [-0.2, 0) is 17.6 Å². The van der Waals surface area contributed by atoms with E-state index in [2.05, 4.69) is 5.32 Å². The van der Waals surface area contributed by atoms with E-state index in [0.29, 0.717) is 34.9 Å². The van der Waals surface area contributed by atoms with Crippen molar-refractivity contribution in [1.29, 1.82) is 0 Å². The third-order valence-electron chi connectivity index (χ3n) is 6.62. The molecule has 35 heavy (non-hydrogen) atoms. The van der Waals surface area contributed by atoms with Crippen molar-refractivity contribution in [2.75, 3.05) is 13.3 Å².